The normalized spacial score (nSPS) is 14.7. The summed E-state index contributed by atoms with van der Waals surface area (Å²) in [4.78, 5) is 39.9. The summed E-state index contributed by atoms with van der Waals surface area (Å²) in [5.74, 6) is -0.988. The van der Waals surface area contributed by atoms with Gasteiger partial charge in [-0.25, -0.2) is 4.39 Å². The number of imide groups is 1. The van der Waals surface area contributed by atoms with Gasteiger partial charge in [0, 0.05) is 31.9 Å². The number of rotatable bonds is 6. The van der Waals surface area contributed by atoms with Gasteiger partial charge >= 0.3 is 0 Å². The lowest BCUT2D eigenvalue weighted by Crippen LogP contribution is -2.27. The smallest absolute Gasteiger partial charge is 0.293 e. The largest absolute Gasteiger partial charge is 0.337 e. The van der Waals surface area contributed by atoms with Crippen molar-refractivity contribution in [3.8, 4) is 0 Å². The second kappa shape index (κ2) is 10.3. The van der Waals surface area contributed by atoms with Gasteiger partial charge in [0.05, 0.1) is 11.4 Å². The lowest BCUT2D eigenvalue weighted by molar-refractivity contribution is -0.123. The molecule has 36 heavy (non-hydrogen) atoms. The molecule has 5 rings (SSSR count). The molecule has 6 nitrogen and oxygen atoms in total. The Hall–Kier alpha value is -3.44. The van der Waals surface area contributed by atoms with Crippen molar-refractivity contribution >= 4 is 74.1 Å². The molecule has 1 saturated heterocycles. The van der Waals surface area contributed by atoms with Crippen molar-refractivity contribution in [3.05, 3.63) is 104 Å². The molecule has 0 spiro atoms. The van der Waals surface area contributed by atoms with Crippen molar-refractivity contribution < 1.29 is 18.8 Å². The third kappa shape index (κ3) is 5.21. The lowest BCUT2D eigenvalue weighted by Gasteiger charge is -2.12. The Morgan fingerprint density at radius 2 is 1.72 bits per heavy atom. The Balaban J connectivity index is 1.38. The number of thioether (sulfide) groups is 1. The van der Waals surface area contributed by atoms with Gasteiger partial charge in [-0.1, -0.05) is 30.3 Å². The van der Waals surface area contributed by atoms with Crippen LogP contribution in [0.3, 0.4) is 0 Å². The zero-order valence-corrected chi connectivity index (χ0v) is 21.8. The molecule has 180 valence electrons. The number of hydrogen-bond donors (Lipinski definition) is 1. The molecule has 2 heterocycles. The molecule has 1 aliphatic rings. The molecule has 1 fully saturated rings. The van der Waals surface area contributed by atoms with Crippen LogP contribution in [0.25, 0.3) is 17.0 Å². The Bertz CT molecular complexity index is 1510. The Morgan fingerprint density at radius 3 is 2.47 bits per heavy atom. The summed E-state index contributed by atoms with van der Waals surface area (Å²) in [6.45, 7) is 0.240. The highest BCUT2D eigenvalue weighted by atomic mass is 127. The molecule has 0 bridgehead atoms. The second-order valence-electron chi connectivity index (χ2n) is 8.18. The number of carbonyl (C=O) groups excluding carboxylic acids is 3. The molecule has 4 aromatic rings. The summed E-state index contributed by atoms with van der Waals surface area (Å²) in [7, 11) is 0. The number of carbonyl (C=O) groups is 3. The number of aromatic nitrogens is 1. The van der Waals surface area contributed by atoms with Gasteiger partial charge < -0.3 is 9.88 Å². The van der Waals surface area contributed by atoms with Crippen LogP contribution in [0.4, 0.5) is 14.9 Å². The highest BCUT2D eigenvalue weighted by molar-refractivity contribution is 14.1. The van der Waals surface area contributed by atoms with E-state index in [-0.39, 0.29) is 36.0 Å². The Kier molecular flexibility index (Phi) is 6.92. The molecule has 1 aromatic heterocycles. The number of amides is 3. The van der Waals surface area contributed by atoms with Crippen LogP contribution < -0.4 is 5.32 Å². The molecular formula is C27H19FIN3O3S. The predicted molar refractivity (Wildman–Crippen MR) is 148 cm³/mol. The van der Waals surface area contributed by atoms with Gasteiger partial charge in [-0.05, 0) is 88.5 Å². The van der Waals surface area contributed by atoms with Gasteiger partial charge in [0.15, 0.2) is 0 Å². The summed E-state index contributed by atoms with van der Waals surface area (Å²) >= 11 is 3.12. The van der Waals surface area contributed by atoms with Gasteiger partial charge in [-0.15, -0.1) is 0 Å². The fourth-order valence-corrected chi connectivity index (χ4v) is 5.15. The summed E-state index contributed by atoms with van der Waals surface area (Å²) in [6.07, 6.45) is 3.50. The number of benzene rings is 3. The molecule has 0 radical (unpaired) electrons. The predicted octanol–water partition coefficient (Wildman–Crippen LogP) is 6.26. The standard InChI is InChI=1S/C27H19FIN3O3S/c28-19-7-11-21(12-8-19)30-25(33)16-31-15-18(22-3-1-2-4-23(22)31)13-24-26(34)32(27(35)36-24)14-17-5-9-20(29)10-6-17/h1-13,15H,14,16H2,(H,30,33)/b24-13-. The van der Waals surface area contributed by atoms with Crippen LogP contribution in [-0.2, 0) is 22.7 Å². The number of halogens is 2. The maximum Gasteiger partial charge on any atom is 0.293 e. The van der Waals surface area contributed by atoms with Crippen LogP contribution in [0.1, 0.15) is 11.1 Å². The molecule has 3 aromatic carbocycles. The van der Waals surface area contributed by atoms with E-state index in [9.17, 15) is 18.8 Å². The third-order valence-electron chi connectivity index (χ3n) is 5.68. The van der Waals surface area contributed by atoms with Crippen LogP contribution in [0, 0.1) is 9.39 Å². The van der Waals surface area contributed by atoms with E-state index in [2.05, 4.69) is 27.9 Å². The van der Waals surface area contributed by atoms with Gasteiger partial charge in [0.1, 0.15) is 12.4 Å². The topological polar surface area (TPSA) is 71.4 Å². The number of nitrogens with zero attached hydrogens (tertiary/aromatic N) is 2. The molecule has 0 unspecified atom stereocenters. The number of nitrogens with one attached hydrogen (secondary N) is 1. The number of anilines is 1. The first kappa shape index (κ1) is 24.3. The van der Waals surface area contributed by atoms with E-state index >= 15 is 0 Å². The first-order chi connectivity index (χ1) is 17.4. The number of hydrogen-bond acceptors (Lipinski definition) is 4. The van der Waals surface area contributed by atoms with E-state index in [1.54, 1.807) is 16.8 Å². The van der Waals surface area contributed by atoms with Crippen LogP contribution in [0.5, 0.6) is 0 Å². The van der Waals surface area contributed by atoms with E-state index in [0.29, 0.717) is 10.6 Å². The fourth-order valence-electron chi connectivity index (χ4n) is 3.96. The van der Waals surface area contributed by atoms with Crippen molar-refractivity contribution in [3.63, 3.8) is 0 Å². The van der Waals surface area contributed by atoms with E-state index in [4.69, 9.17) is 0 Å². The average Bonchev–Trinajstić information content (AvgIpc) is 3.33. The fraction of sp³-hybridized carbons (Fsp3) is 0.0741. The van der Waals surface area contributed by atoms with Gasteiger partial charge in [-0.3, -0.25) is 19.3 Å². The summed E-state index contributed by atoms with van der Waals surface area (Å²) in [6, 6.07) is 20.8. The average molecular weight is 611 g/mol. The molecule has 0 atom stereocenters. The molecule has 1 N–H and O–H groups in total. The third-order valence-corrected chi connectivity index (χ3v) is 7.30. The Morgan fingerprint density at radius 1 is 1.00 bits per heavy atom. The first-order valence-corrected chi connectivity index (χ1v) is 12.9. The van der Waals surface area contributed by atoms with Crippen LogP contribution >= 0.6 is 34.4 Å². The first-order valence-electron chi connectivity index (χ1n) is 11.0. The molecule has 3 amide bonds. The van der Waals surface area contributed by atoms with Crippen LogP contribution in [-0.4, -0.2) is 26.5 Å². The van der Waals surface area contributed by atoms with Crippen molar-refractivity contribution in [1.29, 1.82) is 0 Å². The zero-order chi connectivity index (χ0) is 25.2. The van der Waals surface area contributed by atoms with Crippen molar-refractivity contribution in [2.45, 2.75) is 13.1 Å². The molecule has 0 aliphatic carbocycles. The maximum atomic E-state index is 13.1. The monoisotopic (exact) mass is 611 g/mol. The minimum absolute atomic E-state index is 0.0278. The lowest BCUT2D eigenvalue weighted by atomic mass is 10.1. The second-order valence-corrected chi connectivity index (χ2v) is 10.4. The summed E-state index contributed by atoms with van der Waals surface area (Å²) < 4.78 is 16.0. The van der Waals surface area contributed by atoms with Crippen molar-refractivity contribution in [2.24, 2.45) is 0 Å². The highest BCUT2D eigenvalue weighted by Gasteiger charge is 2.35. The van der Waals surface area contributed by atoms with Gasteiger partial charge in [-0.2, -0.15) is 0 Å². The molecule has 9 heteroatoms. The van der Waals surface area contributed by atoms with Gasteiger partial charge in [0.25, 0.3) is 11.1 Å². The minimum Gasteiger partial charge on any atom is -0.337 e. The molecular weight excluding hydrogens is 592 g/mol. The SMILES string of the molecule is O=C(Cn1cc(/C=C2\SC(=O)N(Cc3ccc(I)cc3)C2=O)c2ccccc21)Nc1ccc(F)cc1. The Labute approximate surface area is 224 Å². The minimum atomic E-state index is -0.378. The van der Waals surface area contributed by atoms with Gasteiger partial charge in [0.2, 0.25) is 5.91 Å². The van der Waals surface area contributed by atoms with E-state index < -0.39 is 0 Å². The summed E-state index contributed by atoms with van der Waals surface area (Å²) in [5, 5.41) is 3.30. The molecule has 0 saturated carbocycles. The molecule has 1 aliphatic heterocycles. The van der Waals surface area contributed by atoms with Crippen LogP contribution in [0.15, 0.2) is 83.9 Å². The van der Waals surface area contributed by atoms with E-state index in [0.717, 1.165) is 37.4 Å². The van der Waals surface area contributed by atoms with Crippen molar-refractivity contribution in [2.75, 3.05) is 5.32 Å². The number of para-hydroxylation sites is 1. The quantitative estimate of drug-likeness (QED) is 0.207. The summed E-state index contributed by atoms with van der Waals surface area (Å²) in [5.41, 5.74) is 2.93. The van der Waals surface area contributed by atoms with E-state index in [1.807, 2.05) is 48.5 Å². The van der Waals surface area contributed by atoms with Crippen molar-refractivity contribution in [1.82, 2.24) is 9.47 Å². The highest BCUT2D eigenvalue weighted by Crippen LogP contribution is 2.35. The van der Waals surface area contributed by atoms with Crippen LogP contribution in [0.2, 0.25) is 0 Å². The number of fused-ring (bicyclic) bond motifs is 1. The van der Waals surface area contributed by atoms with E-state index in [1.165, 1.54) is 29.2 Å². The zero-order valence-electron chi connectivity index (χ0n) is 18.8. The maximum absolute atomic E-state index is 13.1.